The molecule has 0 bridgehead atoms. The second kappa shape index (κ2) is 14.0. The molecule has 10 heteroatoms. The molecular weight excluding hydrogens is 606 g/mol. The molecule has 4 fully saturated rings. The minimum Gasteiger partial charge on any atom is -0.495 e. The van der Waals surface area contributed by atoms with E-state index in [4.69, 9.17) is 35.3 Å². The number of anilines is 1. The number of methoxy groups -OCH3 is 1. The van der Waals surface area contributed by atoms with Gasteiger partial charge in [0.15, 0.2) is 5.89 Å². The minimum absolute atomic E-state index is 0.0948. The van der Waals surface area contributed by atoms with Crippen LogP contribution in [0, 0.1) is 37.0 Å². The van der Waals surface area contributed by atoms with Gasteiger partial charge in [0.1, 0.15) is 29.6 Å². The average Bonchev–Trinajstić information content (AvgIpc) is 3.82. The summed E-state index contributed by atoms with van der Waals surface area (Å²) >= 11 is 0. The van der Waals surface area contributed by atoms with Gasteiger partial charge < -0.3 is 18.8 Å². The lowest BCUT2D eigenvalue weighted by molar-refractivity contribution is -0.124. The summed E-state index contributed by atoms with van der Waals surface area (Å²) in [5.41, 5.74) is 3.70. The van der Waals surface area contributed by atoms with E-state index >= 15 is 0 Å². The Morgan fingerprint density at radius 3 is 2.44 bits per heavy atom. The fraction of sp³-hybridized carbons (Fsp3) is 0.553. The molecule has 4 heterocycles. The van der Waals surface area contributed by atoms with Gasteiger partial charge in [-0.3, -0.25) is 14.7 Å². The SMILES string of the molecule is C#CC1CN(C(=O)O[C@H]2CC[C@H](C(=O)N(C[C@H]3CC[C@H](c4ccc(OC)c(C)n4)CC3)c3cc(-c4coc(C5CC5)n4)ccn3)CC2)C1. The molecule has 4 aliphatic rings. The highest BCUT2D eigenvalue weighted by Crippen LogP contribution is 2.41. The lowest BCUT2D eigenvalue weighted by atomic mass is 9.79. The van der Waals surface area contributed by atoms with E-state index in [2.05, 4.69) is 12.0 Å². The number of pyridine rings is 2. The van der Waals surface area contributed by atoms with Crippen LogP contribution in [0.1, 0.15) is 93.3 Å². The van der Waals surface area contributed by atoms with E-state index in [0.717, 1.165) is 72.8 Å². The number of nitrogens with zero attached hydrogens (tertiary/aromatic N) is 5. The lowest BCUT2D eigenvalue weighted by Crippen LogP contribution is -2.50. The van der Waals surface area contributed by atoms with Crippen molar-refractivity contribution in [2.45, 2.75) is 89.1 Å². The molecule has 0 N–H and O–H groups in total. The normalized spacial score (nSPS) is 24.3. The lowest BCUT2D eigenvalue weighted by Gasteiger charge is -2.38. The number of aromatic nitrogens is 3. The standard InChI is InChI=1S/C38H45N5O5/c1-4-25-20-42(21-25)38(45)48-31-13-11-29(12-14-31)37(44)43(35-19-30(17-18-39-35)33-23-47-36(41-33)28-9-10-28)22-26-5-7-27(8-6-26)32-15-16-34(46-3)24(2)40-32/h1,15-19,23,25-29,31H,5-14,20-22H2,2-3H3/t26-,27-,29-,31-. The average molecular weight is 652 g/mol. The molecule has 0 aromatic carbocycles. The molecule has 0 radical (unpaired) electrons. The number of carbonyl (C=O) groups is 2. The van der Waals surface area contributed by atoms with Crippen LogP contribution in [0.3, 0.4) is 0 Å². The van der Waals surface area contributed by atoms with Crippen molar-refractivity contribution in [2.24, 2.45) is 17.8 Å². The van der Waals surface area contributed by atoms with Crippen LogP contribution in [-0.4, -0.2) is 64.7 Å². The Labute approximate surface area is 282 Å². The highest BCUT2D eigenvalue weighted by atomic mass is 16.6. The Kier molecular flexibility index (Phi) is 9.38. The molecule has 0 unspecified atom stereocenters. The number of amides is 2. The van der Waals surface area contributed by atoms with E-state index in [1.807, 2.05) is 30.0 Å². The number of aryl methyl sites for hydroxylation is 1. The minimum atomic E-state index is -0.299. The number of ether oxygens (including phenoxy) is 2. The van der Waals surface area contributed by atoms with E-state index < -0.39 is 0 Å². The van der Waals surface area contributed by atoms with Crippen molar-refractivity contribution in [3.8, 4) is 29.4 Å². The van der Waals surface area contributed by atoms with Crippen molar-refractivity contribution < 1.29 is 23.5 Å². The van der Waals surface area contributed by atoms with E-state index in [9.17, 15) is 9.59 Å². The van der Waals surface area contributed by atoms with Gasteiger partial charge in [-0.05, 0) is 101 Å². The Bertz CT molecular complexity index is 1660. The summed E-state index contributed by atoms with van der Waals surface area (Å²) in [4.78, 5) is 44.8. The van der Waals surface area contributed by atoms with Crippen molar-refractivity contribution in [3.63, 3.8) is 0 Å². The molecule has 7 rings (SSSR count). The highest BCUT2D eigenvalue weighted by molar-refractivity contribution is 5.94. The Morgan fingerprint density at radius 1 is 1.00 bits per heavy atom. The zero-order valence-electron chi connectivity index (χ0n) is 28.0. The molecule has 0 atom stereocenters. The van der Waals surface area contributed by atoms with Gasteiger partial charge >= 0.3 is 6.09 Å². The number of oxazole rings is 1. The Hall–Kier alpha value is -4.39. The first-order chi connectivity index (χ1) is 23.4. The third-order valence-corrected chi connectivity index (χ3v) is 10.7. The maximum absolute atomic E-state index is 14.4. The van der Waals surface area contributed by atoms with Crippen molar-refractivity contribution >= 4 is 17.8 Å². The molecule has 1 saturated heterocycles. The predicted octanol–water partition coefficient (Wildman–Crippen LogP) is 6.89. The zero-order valence-corrected chi connectivity index (χ0v) is 28.0. The summed E-state index contributed by atoms with van der Waals surface area (Å²) < 4.78 is 17.0. The first-order valence-electron chi connectivity index (χ1n) is 17.5. The molecule has 10 nitrogen and oxygen atoms in total. The number of terminal acetylenes is 1. The molecule has 3 aromatic rings. The summed E-state index contributed by atoms with van der Waals surface area (Å²) in [6.07, 6.45) is 17.4. The third-order valence-electron chi connectivity index (χ3n) is 10.7. The van der Waals surface area contributed by atoms with Gasteiger partial charge in [-0.2, -0.15) is 0 Å². The smallest absolute Gasteiger partial charge is 0.410 e. The fourth-order valence-corrected chi connectivity index (χ4v) is 7.47. The molecule has 252 valence electrons. The first-order valence-corrected chi connectivity index (χ1v) is 17.5. The van der Waals surface area contributed by atoms with Gasteiger partial charge in [-0.1, -0.05) is 5.92 Å². The van der Waals surface area contributed by atoms with Crippen molar-refractivity contribution in [1.82, 2.24) is 19.9 Å². The van der Waals surface area contributed by atoms with Crippen molar-refractivity contribution in [2.75, 3.05) is 31.6 Å². The van der Waals surface area contributed by atoms with E-state index in [0.29, 0.717) is 68.9 Å². The van der Waals surface area contributed by atoms with Crippen LogP contribution in [0.5, 0.6) is 5.75 Å². The monoisotopic (exact) mass is 651 g/mol. The number of rotatable bonds is 9. The number of hydrogen-bond donors (Lipinski definition) is 0. The van der Waals surface area contributed by atoms with Crippen LogP contribution in [-0.2, 0) is 9.53 Å². The molecule has 3 saturated carbocycles. The van der Waals surface area contributed by atoms with E-state index in [1.54, 1.807) is 24.5 Å². The second-order valence-electron chi connectivity index (χ2n) is 14.1. The molecule has 1 aliphatic heterocycles. The maximum atomic E-state index is 14.4. The van der Waals surface area contributed by atoms with Gasteiger partial charge in [0.2, 0.25) is 5.91 Å². The van der Waals surface area contributed by atoms with Crippen LogP contribution in [0.25, 0.3) is 11.3 Å². The molecule has 48 heavy (non-hydrogen) atoms. The summed E-state index contributed by atoms with van der Waals surface area (Å²) in [5, 5.41) is 0. The molecule has 0 spiro atoms. The third kappa shape index (κ3) is 7.06. The number of carbonyl (C=O) groups excluding carboxylic acids is 2. The highest BCUT2D eigenvalue weighted by Gasteiger charge is 2.37. The van der Waals surface area contributed by atoms with Crippen molar-refractivity contribution in [1.29, 1.82) is 0 Å². The Balaban J connectivity index is 1.03. The van der Waals surface area contributed by atoms with E-state index in [-0.39, 0.29) is 29.9 Å². The quantitative estimate of drug-likeness (QED) is 0.230. The van der Waals surface area contributed by atoms with Crippen molar-refractivity contribution in [3.05, 3.63) is 54.0 Å². The van der Waals surface area contributed by atoms with Crippen LogP contribution in [0.4, 0.5) is 10.6 Å². The molecule has 3 aromatic heterocycles. The van der Waals surface area contributed by atoms with Gasteiger partial charge in [-0.15, -0.1) is 6.42 Å². The zero-order chi connectivity index (χ0) is 33.2. The van der Waals surface area contributed by atoms with Crippen LogP contribution < -0.4 is 9.64 Å². The summed E-state index contributed by atoms with van der Waals surface area (Å²) in [6.45, 7) is 3.71. The topological polar surface area (TPSA) is 111 Å². The Morgan fingerprint density at radius 2 is 1.75 bits per heavy atom. The van der Waals surface area contributed by atoms with Gasteiger partial charge in [0.25, 0.3) is 0 Å². The van der Waals surface area contributed by atoms with Crippen LogP contribution in [0.2, 0.25) is 0 Å². The molecule has 3 aliphatic carbocycles. The fourth-order valence-electron chi connectivity index (χ4n) is 7.47. The van der Waals surface area contributed by atoms with Crippen LogP contribution >= 0.6 is 0 Å². The van der Waals surface area contributed by atoms with Gasteiger partial charge in [0.05, 0.1) is 18.7 Å². The van der Waals surface area contributed by atoms with E-state index in [1.165, 1.54) is 0 Å². The largest absolute Gasteiger partial charge is 0.495 e. The van der Waals surface area contributed by atoms with Gasteiger partial charge in [-0.25, -0.2) is 14.8 Å². The summed E-state index contributed by atoms with van der Waals surface area (Å²) in [6, 6.07) is 8.01. The number of hydrogen-bond acceptors (Lipinski definition) is 8. The summed E-state index contributed by atoms with van der Waals surface area (Å²) in [7, 11) is 1.67. The number of likely N-dealkylation sites (tertiary alicyclic amines) is 1. The van der Waals surface area contributed by atoms with Gasteiger partial charge in [0, 0.05) is 54.8 Å². The maximum Gasteiger partial charge on any atom is 0.410 e. The molecular formula is C38H45N5O5. The second-order valence-corrected chi connectivity index (χ2v) is 14.1. The predicted molar refractivity (Wildman–Crippen MR) is 180 cm³/mol. The molecule has 2 amide bonds. The van der Waals surface area contributed by atoms with Crippen LogP contribution in [0.15, 0.2) is 41.1 Å². The summed E-state index contributed by atoms with van der Waals surface area (Å²) in [5.74, 6) is 6.17. The first kappa shape index (κ1) is 32.2.